The van der Waals surface area contributed by atoms with Gasteiger partial charge in [-0.25, -0.2) is 0 Å². The third-order valence-electron chi connectivity index (χ3n) is 10.2. The van der Waals surface area contributed by atoms with Crippen molar-refractivity contribution in [2.24, 2.45) is 0 Å². The second-order valence-electron chi connectivity index (χ2n) is 15.2. The van der Waals surface area contributed by atoms with Crippen LogP contribution in [-0.2, 0) is 28.5 Å². The molecule has 0 amide bonds. The van der Waals surface area contributed by atoms with E-state index >= 15 is 0 Å². The zero-order valence-corrected chi connectivity index (χ0v) is 33.3. The summed E-state index contributed by atoms with van der Waals surface area (Å²) in [5.41, 5.74) is 0. The van der Waals surface area contributed by atoms with Crippen LogP contribution in [0.25, 0.3) is 0 Å². The highest BCUT2D eigenvalue weighted by atomic mass is 16.7. The smallest absolute Gasteiger partial charge is 0.306 e. The number of ether oxygens (including phenoxy) is 4. The molecule has 10 heteroatoms. The Balaban J connectivity index is 2.21. The fourth-order valence-corrected chi connectivity index (χ4v) is 6.78. The number of esters is 2. The first-order chi connectivity index (χ1) is 25.3. The minimum Gasteiger partial charge on any atom is -0.462 e. The molecule has 0 bridgehead atoms. The largest absolute Gasteiger partial charge is 0.462 e. The van der Waals surface area contributed by atoms with Gasteiger partial charge in [-0.1, -0.05) is 174 Å². The predicted octanol–water partition coefficient (Wildman–Crippen LogP) is 8.61. The van der Waals surface area contributed by atoms with Crippen molar-refractivity contribution in [1.82, 2.24) is 0 Å². The minimum atomic E-state index is -1.59. The zero-order chi connectivity index (χ0) is 38.1. The highest BCUT2D eigenvalue weighted by Crippen LogP contribution is 2.23. The van der Waals surface area contributed by atoms with Crippen LogP contribution >= 0.6 is 0 Å². The summed E-state index contributed by atoms with van der Waals surface area (Å²) < 4.78 is 22.0. The summed E-state index contributed by atoms with van der Waals surface area (Å²) >= 11 is 0. The van der Waals surface area contributed by atoms with Crippen molar-refractivity contribution in [2.75, 3.05) is 19.8 Å². The lowest BCUT2D eigenvalue weighted by molar-refractivity contribution is -0.305. The molecule has 0 aromatic carbocycles. The van der Waals surface area contributed by atoms with Crippen molar-refractivity contribution >= 4 is 11.9 Å². The third kappa shape index (κ3) is 25.7. The van der Waals surface area contributed by atoms with Crippen LogP contribution in [0, 0.1) is 0 Å². The molecular formula is C42H80O10. The van der Waals surface area contributed by atoms with Gasteiger partial charge in [0.15, 0.2) is 12.4 Å². The lowest BCUT2D eigenvalue weighted by Gasteiger charge is -2.39. The van der Waals surface area contributed by atoms with E-state index in [-0.39, 0.29) is 32.0 Å². The van der Waals surface area contributed by atoms with Crippen LogP contribution in [-0.4, -0.2) is 89.0 Å². The number of unbranched alkanes of at least 4 members (excludes halogenated alkanes) is 25. The Hall–Kier alpha value is -1.30. The molecule has 1 fully saturated rings. The highest BCUT2D eigenvalue weighted by molar-refractivity contribution is 5.70. The molecule has 308 valence electrons. The second-order valence-corrected chi connectivity index (χ2v) is 15.2. The van der Waals surface area contributed by atoms with Crippen LogP contribution in [0.4, 0.5) is 0 Å². The molecule has 0 spiro atoms. The zero-order valence-electron chi connectivity index (χ0n) is 33.3. The summed E-state index contributed by atoms with van der Waals surface area (Å²) in [5.74, 6) is -0.805. The summed E-state index contributed by atoms with van der Waals surface area (Å²) in [4.78, 5) is 25.1. The van der Waals surface area contributed by atoms with Gasteiger partial charge in [0.25, 0.3) is 0 Å². The average Bonchev–Trinajstić information content (AvgIpc) is 3.14. The van der Waals surface area contributed by atoms with Gasteiger partial charge < -0.3 is 39.4 Å². The molecule has 1 aliphatic heterocycles. The fourth-order valence-electron chi connectivity index (χ4n) is 6.78. The molecule has 0 radical (unpaired) electrons. The van der Waals surface area contributed by atoms with E-state index in [2.05, 4.69) is 13.8 Å². The van der Waals surface area contributed by atoms with Crippen LogP contribution in [0.5, 0.6) is 0 Å². The molecule has 0 aliphatic carbocycles. The molecule has 0 aromatic heterocycles. The number of hydrogen-bond donors (Lipinski definition) is 4. The van der Waals surface area contributed by atoms with Crippen LogP contribution in [0.15, 0.2) is 0 Å². The Morgan fingerprint density at radius 3 is 1.31 bits per heavy atom. The highest BCUT2D eigenvalue weighted by Gasteiger charge is 2.44. The molecule has 0 saturated carbocycles. The summed E-state index contributed by atoms with van der Waals surface area (Å²) in [6.07, 6.45) is 25.8. The van der Waals surface area contributed by atoms with Crippen molar-refractivity contribution < 1.29 is 49.0 Å². The third-order valence-corrected chi connectivity index (χ3v) is 10.2. The monoisotopic (exact) mass is 745 g/mol. The quantitative estimate of drug-likeness (QED) is 0.0363. The molecule has 1 rings (SSSR count). The fraction of sp³-hybridized carbons (Fsp3) is 0.952. The van der Waals surface area contributed by atoms with Gasteiger partial charge >= 0.3 is 11.9 Å². The maximum absolute atomic E-state index is 12.7. The number of rotatable bonds is 36. The molecule has 6 atom stereocenters. The first-order valence-electron chi connectivity index (χ1n) is 21.6. The Bertz CT molecular complexity index is 825. The molecule has 52 heavy (non-hydrogen) atoms. The Morgan fingerprint density at radius 1 is 0.519 bits per heavy atom. The predicted molar refractivity (Wildman–Crippen MR) is 206 cm³/mol. The molecule has 10 nitrogen and oxygen atoms in total. The van der Waals surface area contributed by atoms with Gasteiger partial charge in [0.05, 0.1) is 13.2 Å². The van der Waals surface area contributed by atoms with Crippen molar-refractivity contribution in [3.05, 3.63) is 0 Å². The van der Waals surface area contributed by atoms with Crippen LogP contribution in [0.2, 0.25) is 0 Å². The van der Waals surface area contributed by atoms with E-state index in [1.165, 1.54) is 116 Å². The standard InChI is InChI=1S/C42H80O10/c1-3-5-7-9-11-12-13-14-15-16-17-18-19-20-21-22-23-24-25-27-29-31-38(45)51-35(33-49-37(44)30-28-26-10-8-6-4-2)34-50-42-41(48)40(47)39(46)36(32-43)52-42/h35-36,39-43,46-48H,3-34H2,1-2H3. The molecule has 1 aliphatic rings. The van der Waals surface area contributed by atoms with Gasteiger partial charge in [0.1, 0.15) is 31.0 Å². The van der Waals surface area contributed by atoms with E-state index in [0.717, 1.165) is 51.4 Å². The molecule has 1 saturated heterocycles. The summed E-state index contributed by atoms with van der Waals surface area (Å²) in [6, 6.07) is 0. The van der Waals surface area contributed by atoms with Crippen molar-refractivity contribution in [1.29, 1.82) is 0 Å². The van der Waals surface area contributed by atoms with E-state index in [0.29, 0.717) is 6.42 Å². The Labute approximate surface area is 317 Å². The maximum atomic E-state index is 12.7. The van der Waals surface area contributed by atoms with Gasteiger partial charge in [-0.2, -0.15) is 0 Å². The van der Waals surface area contributed by atoms with Crippen LogP contribution in [0.1, 0.15) is 200 Å². The normalized spacial score (nSPS) is 20.9. The average molecular weight is 745 g/mol. The lowest BCUT2D eigenvalue weighted by Crippen LogP contribution is -2.59. The van der Waals surface area contributed by atoms with E-state index in [1.54, 1.807) is 0 Å². The molecule has 6 unspecified atom stereocenters. The van der Waals surface area contributed by atoms with Gasteiger partial charge in [0, 0.05) is 12.8 Å². The van der Waals surface area contributed by atoms with Crippen molar-refractivity contribution in [3.8, 4) is 0 Å². The van der Waals surface area contributed by atoms with Crippen molar-refractivity contribution in [3.63, 3.8) is 0 Å². The van der Waals surface area contributed by atoms with E-state index < -0.39 is 49.4 Å². The topological polar surface area (TPSA) is 152 Å². The van der Waals surface area contributed by atoms with Crippen LogP contribution in [0.3, 0.4) is 0 Å². The molecule has 4 N–H and O–H groups in total. The van der Waals surface area contributed by atoms with E-state index in [4.69, 9.17) is 18.9 Å². The number of hydrogen-bond acceptors (Lipinski definition) is 10. The van der Waals surface area contributed by atoms with Gasteiger partial charge in [-0.15, -0.1) is 0 Å². The first-order valence-corrected chi connectivity index (χ1v) is 21.6. The van der Waals surface area contributed by atoms with E-state index in [9.17, 15) is 30.0 Å². The number of carbonyl (C=O) groups excluding carboxylic acids is 2. The number of aliphatic hydroxyl groups excluding tert-OH is 4. The number of aliphatic hydroxyl groups is 4. The Kier molecular flexibility index (Phi) is 32.1. The first kappa shape index (κ1) is 48.7. The second kappa shape index (κ2) is 34.2. The minimum absolute atomic E-state index is 0.211. The van der Waals surface area contributed by atoms with Gasteiger partial charge in [-0.3, -0.25) is 9.59 Å². The van der Waals surface area contributed by atoms with Gasteiger partial charge in [-0.05, 0) is 12.8 Å². The summed E-state index contributed by atoms with van der Waals surface area (Å²) in [6.45, 7) is 3.37. The summed E-state index contributed by atoms with van der Waals surface area (Å²) in [5, 5.41) is 39.9. The van der Waals surface area contributed by atoms with E-state index in [1.807, 2.05) is 0 Å². The maximum Gasteiger partial charge on any atom is 0.306 e. The SMILES string of the molecule is CCCCCCCCCCCCCCCCCCCCCCCC(=O)OC(COC(=O)CCCCCCCC)COC1OC(CO)C(O)C(O)C1O. The van der Waals surface area contributed by atoms with Crippen LogP contribution < -0.4 is 0 Å². The van der Waals surface area contributed by atoms with Gasteiger partial charge in [0.2, 0.25) is 0 Å². The van der Waals surface area contributed by atoms with Crippen molar-refractivity contribution in [2.45, 2.75) is 237 Å². The molecule has 1 heterocycles. The number of carbonyl (C=O) groups is 2. The molecular weight excluding hydrogens is 664 g/mol. The Morgan fingerprint density at radius 2 is 0.904 bits per heavy atom. The lowest BCUT2D eigenvalue weighted by atomic mass is 9.99. The summed E-state index contributed by atoms with van der Waals surface area (Å²) in [7, 11) is 0. The molecule has 0 aromatic rings.